The van der Waals surface area contributed by atoms with Crippen molar-refractivity contribution in [3.05, 3.63) is 70.3 Å². The summed E-state index contributed by atoms with van der Waals surface area (Å²) < 4.78 is 11.1. The van der Waals surface area contributed by atoms with Crippen LogP contribution in [0.3, 0.4) is 0 Å². The van der Waals surface area contributed by atoms with Gasteiger partial charge in [0.25, 0.3) is 5.69 Å². The van der Waals surface area contributed by atoms with Gasteiger partial charge in [0.05, 0.1) is 24.6 Å². The second-order valence-corrected chi connectivity index (χ2v) is 6.79. The fraction of sp³-hybridized carbons (Fsp3) is 0.381. The number of hydrogen-bond donors (Lipinski definition) is 2. The van der Waals surface area contributed by atoms with Crippen LogP contribution in [0.4, 0.5) is 5.69 Å². The van der Waals surface area contributed by atoms with E-state index in [1.165, 1.54) is 12.1 Å². The first-order valence-corrected chi connectivity index (χ1v) is 9.72. The molecule has 0 amide bonds. The lowest BCUT2D eigenvalue weighted by Crippen LogP contribution is -2.41. The largest absolute Gasteiger partial charge is 0.492 e. The minimum Gasteiger partial charge on any atom is -0.492 e. The lowest BCUT2D eigenvalue weighted by atomic mass is 10.1. The van der Waals surface area contributed by atoms with E-state index in [-0.39, 0.29) is 5.69 Å². The Bertz CT molecular complexity index is 790. The van der Waals surface area contributed by atoms with Crippen LogP contribution in [-0.4, -0.2) is 43.8 Å². The van der Waals surface area contributed by atoms with Crippen molar-refractivity contribution in [2.45, 2.75) is 13.0 Å². The van der Waals surface area contributed by atoms with E-state index < -0.39 is 4.92 Å². The number of nitro groups is 1. The van der Waals surface area contributed by atoms with Crippen molar-refractivity contribution in [2.24, 2.45) is 10.9 Å². The minimum absolute atomic E-state index is 0.0773. The van der Waals surface area contributed by atoms with Crippen LogP contribution in [0.2, 0.25) is 0 Å². The molecule has 29 heavy (non-hydrogen) atoms. The van der Waals surface area contributed by atoms with Gasteiger partial charge in [-0.3, -0.25) is 10.1 Å². The Morgan fingerprint density at radius 3 is 2.66 bits per heavy atom. The van der Waals surface area contributed by atoms with Gasteiger partial charge < -0.3 is 20.1 Å². The highest BCUT2D eigenvalue weighted by atomic mass is 16.6. The number of hydrogen-bond acceptors (Lipinski definition) is 5. The normalized spacial score (nSPS) is 16.4. The van der Waals surface area contributed by atoms with Crippen molar-refractivity contribution in [3.8, 4) is 5.75 Å². The van der Waals surface area contributed by atoms with Gasteiger partial charge in [-0.05, 0) is 24.1 Å². The zero-order valence-corrected chi connectivity index (χ0v) is 16.3. The van der Waals surface area contributed by atoms with Crippen molar-refractivity contribution in [1.29, 1.82) is 0 Å². The Hall–Kier alpha value is -3.13. The first-order chi connectivity index (χ1) is 14.2. The number of aliphatic imine (C=N–C) groups is 1. The molecule has 0 bridgehead atoms. The summed E-state index contributed by atoms with van der Waals surface area (Å²) in [6.45, 7) is 3.89. The number of benzene rings is 2. The van der Waals surface area contributed by atoms with Crippen LogP contribution in [0.15, 0.2) is 59.6 Å². The molecule has 1 aliphatic rings. The Labute approximate surface area is 170 Å². The summed E-state index contributed by atoms with van der Waals surface area (Å²) in [5.74, 6) is 1.99. The molecule has 0 aliphatic carbocycles. The molecule has 0 radical (unpaired) electrons. The van der Waals surface area contributed by atoms with Crippen LogP contribution < -0.4 is 15.4 Å². The standard InChI is InChI=1S/C21H26N4O4/c26-25(27)19-8-6-17(7-9-19)14-23-21(24-15-18-10-12-28-16-18)22-11-13-29-20-4-2-1-3-5-20/h1-9,18H,10-16H2,(H2,22,23,24). The van der Waals surface area contributed by atoms with Gasteiger partial charge in [0, 0.05) is 31.2 Å². The van der Waals surface area contributed by atoms with Gasteiger partial charge in [0.15, 0.2) is 5.96 Å². The molecule has 1 saturated heterocycles. The summed E-state index contributed by atoms with van der Waals surface area (Å²) in [6.07, 6.45) is 1.04. The Balaban J connectivity index is 1.52. The number of nitro benzene ring substituents is 1. The summed E-state index contributed by atoms with van der Waals surface area (Å²) in [5.41, 5.74) is 0.981. The SMILES string of the molecule is O=[N+]([O-])c1ccc(CN=C(NCCOc2ccccc2)NCC2CCOC2)cc1. The number of guanidine groups is 1. The monoisotopic (exact) mass is 398 g/mol. The van der Waals surface area contributed by atoms with E-state index >= 15 is 0 Å². The number of para-hydroxylation sites is 1. The molecule has 1 heterocycles. The zero-order valence-electron chi connectivity index (χ0n) is 16.3. The third kappa shape index (κ3) is 7.08. The third-order valence-corrected chi connectivity index (χ3v) is 4.56. The second kappa shape index (κ2) is 11.0. The molecular formula is C21H26N4O4. The summed E-state index contributed by atoms with van der Waals surface area (Å²) in [5, 5.41) is 17.4. The maximum Gasteiger partial charge on any atom is 0.269 e. The maximum atomic E-state index is 10.8. The highest BCUT2D eigenvalue weighted by molar-refractivity contribution is 5.79. The fourth-order valence-corrected chi connectivity index (χ4v) is 2.91. The number of rotatable bonds is 9. The molecule has 0 aromatic heterocycles. The van der Waals surface area contributed by atoms with Gasteiger partial charge in [-0.25, -0.2) is 4.99 Å². The summed E-state index contributed by atoms with van der Waals surface area (Å²) >= 11 is 0. The molecule has 8 heteroatoms. The van der Waals surface area contributed by atoms with Crippen LogP contribution >= 0.6 is 0 Å². The lowest BCUT2D eigenvalue weighted by Gasteiger charge is -2.15. The summed E-state index contributed by atoms with van der Waals surface area (Å²) in [7, 11) is 0. The second-order valence-electron chi connectivity index (χ2n) is 6.79. The van der Waals surface area contributed by atoms with E-state index in [9.17, 15) is 10.1 Å². The van der Waals surface area contributed by atoms with Gasteiger partial charge >= 0.3 is 0 Å². The summed E-state index contributed by atoms with van der Waals surface area (Å²) in [4.78, 5) is 15.0. The van der Waals surface area contributed by atoms with Gasteiger partial charge in [-0.1, -0.05) is 30.3 Å². The van der Waals surface area contributed by atoms with Crippen LogP contribution in [-0.2, 0) is 11.3 Å². The minimum atomic E-state index is -0.405. The molecule has 0 spiro atoms. The van der Waals surface area contributed by atoms with Crippen molar-refractivity contribution in [2.75, 3.05) is 32.9 Å². The van der Waals surface area contributed by atoms with Gasteiger partial charge in [0.1, 0.15) is 12.4 Å². The highest BCUT2D eigenvalue weighted by Crippen LogP contribution is 2.13. The smallest absolute Gasteiger partial charge is 0.269 e. The average Bonchev–Trinajstić information content (AvgIpc) is 3.27. The number of ether oxygens (including phenoxy) is 2. The molecule has 2 aromatic carbocycles. The van der Waals surface area contributed by atoms with Gasteiger partial charge in [-0.15, -0.1) is 0 Å². The van der Waals surface area contributed by atoms with Crippen LogP contribution in [0.25, 0.3) is 0 Å². The topological polar surface area (TPSA) is 98.0 Å². The Morgan fingerprint density at radius 1 is 1.17 bits per heavy atom. The fourth-order valence-electron chi connectivity index (χ4n) is 2.91. The molecule has 8 nitrogen and oxygen atoms in total. The highest BCUT2D eigenvalue weighted by Gasteiger charge is 2.15. The Kier molecular flexibility index (Phi) is 7.82. The molecular weight excluding hydrogens is 372 g/mol. The number of non-ortho nitro benzene ring substituents is 1. The van der Waals surface area contributed by atoms with E-state index in [4.69, 9.17) is 9.47 Å². The van der Waals surface area contributed by atoms with E-state index in [0.717, 1.165) is 37.5 Å². The molecule has 1 unspecified atom stereocenters. The lowest BCUT2D eigenvalue weighted by molar-refractivity contribution is -0.384. The first-order valence-electron chi connectivity index (χ1n) is 9.72. The van der Waals surface area contributed by atoms with E-state index in [1.54, 1.807) is 12.1 Å². The summed E-state index contributed by atoms with van der Waals surface area (Å²) in [6, 6.07) is 16.1. The van der Waals surface area contributed by atoms with E-state index in [1.807, 2.05) is 30.3 Å². The van der Waals surface area contributed by atoms with Crippen LogP contribution in [0, 0.1) is 16.0 Å². The quantitative estimate of drug-likeness (QED) is 0.222. The maximum absolute atomic E-state index is 10.8. The van der Waals surface area contributed by atoms with E-state index in [2.05, 4.69) is 15.6 Å². The molecule has 0 saturated carbocycles. The third-order valence-electron chi connectivity index (χ3n) is 4.56. The molecule has 2 aromatic rings. The van der Waals surface area contributed by atoms with Gasteiger partial charge in [0.2, 0.25) is 0 Å². The van der Waals surface area contributed by atoms with Crippen LogP contribution in [0.1, 0.15) is 12.0 Å². The van der Waals surface area contributed by atoms with E-state index in [0.29, 0.717) is 31.6 Å². The molecule has 1 aliphatic heterocycles. The molecule has 1 fully saturated rings. The van der Waals surface area contributed by atoms with Crippen LogP contribution in [0.5, 0.6) is 5.75 Å². The molecule has 1 atom stereocenters. The number of nitrogens with one attached hydrogen (secondary N) is 2. The molecule has 2 N–H and O–H groups in total. The average molecular weight is 398 g/mol. The predicted molar refractivity (Wildman–Crippen MR) is 111 cm³/mol. The van der Waals surface area contributed by atoms with Crippen molar-refractivity contribution >= 4 is 11.6 Å². The molecule has 3 rings (SSSR count). The number of nitrogens with zero attached hydrogens (tertiary/aromatic N) is 2. The zero-order chi connectivity index (χ0) is 20.3. The van der Waals surface area contributed by atoms with Crippen molar-refractivity contribution in [1.82, 2.24) is 10.6 Å². The Morgan fingerprint density at radius 2 is 1.97 bits per heavy atom. The predicted octanol–water partition coefficient (Wildman–Crippen LogP) is 2.75. The van der Waals surface area contributed by atoms with Crippen molar-refractivity contribution in [3.63, 3.8) is 0 Å². The van der Waals surface area contributed by atoms with Crippen molar-refractivity contribution < 1.29 is 14.4 Å². The van der Waals surface area contributed by atoms with Gasteiger partial charge in [-0.2, -0.15) is 0 Å². The molecule has 154 valence electrons. The first kappa shape index (κ1) is 20.6.